The first-order chi connectivity index (χ1) is 13.3. The van der Waals surface area contributed by atoms with Crippen molar-refractivity contribution in [3.8, 4) is 0 Å². The van der Waals surface area contributed by atoms with Gasteiger partial charge in [-0.1, -0.05) is 30.3 Å². The zero-order valence-corrected chi connectivity index (χ0v) is 16.9. The van der Waals surface area contributed by atoms with Crippen molar-refractivity contribution in [3.05, 3.63) is 47.4 Å². The number of rotatable bonds is 6. The number of benzene rings is 1. The highest BCUT2D eigenvalue weighted by Gasteiger charge is 2.18. The molecule has 3 aromatic rings. The predicted molar refractivity (Wildman–Crippen MR) is 112 cm³/mol. The van der Waals surface area contributed by atoms with Crippen LogP contribution >= 0.6 is 12.4 Å². The molecule has 0 aliphatic carbocycles. The quantitative estimate of drug-likeness (QED) is 0.591. The summed E-state index contributed by atoms with van der Waals surface area (Å²) < 4.78 is 1.84. The van der Waals surface area contributed by atoms with Crippen LogP contribution in [0.4, 0.5) is 0 Å². The average Bonchev–Trinajstić information content (AvgIpc) is 3.36. The van der Waals surface area contributed by atoms with Crippen molar-refractivity contribution in [2.75, 3.05) is 19.6 Å². The van der Waals surface area contributed by atoms with Crippen LogP contribution in [0.1, 0.15) is 47.4 Å². The molecule has 0 unspecified atom stereocenters. The third kappa shape index (κ3) is 4.20. The van der Waals surface area contributed by atoms with Crippen LogP contribution in [0.2, 0.25) is 0 Å². The fourth-order valence-electron chi connectivity index (χ4n) is 3.81. The highest BCUT2D eigenvalue weighted by molar-refractivity contribution is 5.92. The molecule has 150 valence electrons. The fraction of sp³-hybridized carbons (Fsp3) is 0.450. The molecule has 1 aliphatic heterocycles. The van der Waals surface area contributed by atoms with Crippen molar-refractivity contribution in [1.82, 2.24) is 30.6 Å². The Balaban J connectivity index is 0.00000225. The first-order valence-corrected chi connectivity index (χ1v) is 9.75. The van der Waals surface area contributed by atoms with Gasteiger partial charge >= 0.3 is 0 Å². The number of hydrogen-bond acceptors (Lipinski definition) is 4. The minimum absolute atomic E-state index is 0. The van der Waals surface area contributed by atoms with E-state index in [0.29, 0.717) is 18.3 Å². The SMILES string of the molecule is CCc1cccc2c(CCNC(=O)c3cn(C4CCNCC4)nn3)c[nH]c12.Cl. The van der Waals surface area contributed by atoms with E-state index < -0.39 is 0 Å². The molecule has 2 aromatic heterocycles. The maximum Gasteiger partial charge on any atom is 0.273 e. The third-order valence-electron chi connectivity index (χ3n) is 5.37. The largest absolute Gasteiger partial charge is 0.361 e. The maximum atomic E-state index is 12.4. The van der Waals surface area contributed by atoms with Crippen LogP contribution in [-0.4, -0.2) is 45.5 Å². The molecule has 0 saturated carbocycles. The van der Waals surface area contributed by atoms with Crippen LogP contribution in [0.25, 0.3) is 10.9 Å². The van der Waals surface area contributed by atoms with Crippen molar-refractivity contribution in [2.45, 2.75) is 38.6 Å². The highest BCUT2D eigenvalue weighted by Crippen LogP contribution is 2.22. The van der Waals surface area contributed by atoms with Gasteiger partial charge in [-0.15, -0.1) is 17.5 Å². The molecule has 1 aliphatic rings. The molecular formula is C20H27ClN6O. The summed E-state index contributed by atoms with van der Waals surface area (Å²) >= 11 is 0. The maximum absolute atomic E-state index is 12.4. The average molecular weight is 403 g/mol. The molecule has 1 aromatic carbocycles. The number of aromatic nitrogens is 4. The van der Waals surface area contributed by atoms with Crippen LogP contribution in [0, 0.1) is 0 Å². The topological polar surface area (TPSA) is 87.6 Å². The first-order valence-electron chi connectivity index (χ1n) is 9.75. The predicted octanol–water partition coefficient (Wildman–Crippen LogP) is 2.64. The molecule has 8 heteroatoms. The Bertz CT molecular complexity index is 928. The number of aromatic amines is 1. The molecule has 1 saturated heterocycles. The van der Waals surface area contributed by atoms with E-state index in [2.05, 4.69) is 51.1 Å². The Labute approximate surface area is 170 Å². The van der Waals surface area contributed by atoms with Crippen LogP contribution in [-0.2, 0) is 12.8 Å². The van der Waals surface area contributed by atoms with Gasteiger partial charge in [0.2, 0.25) is 0 Å². The molecule has 28 heavy (non-hydrogen) atoms. The standard InChI is InChI=1S/C20H26N6O.ClH/c1-2-14-4-3-5-17-15(12-23-19(14)17)6-11-22-20(27)18-13-26(25-24-18)16-7-9-21-10-8-16;/h3-5,12-13,16,21,23H,2,6-11H2,1H3,(H,22,27);1H. The van der Waals surface area contributed by atoms with E-state index in [1.807, 2.05) is 10.9 Å². The lowest BCUT2D eigenvalue weighted by atomic mass is 10.1. The number of nitrogens with one attached hydrogen (secondary N) is 3. The Kier molecular flexibility index (Phi) is 6.70. The zero-order chi connectivity index (χ0) is 18.6. The minimum atomic E-state index is -0.163. The summed E-state index contributed by atoms with van der Waals surface area (Å²) in [7, 11) is 0. The third-order valence-corrected chi connectivity index (χ3v) is 5.37. The summed E-state index contributed by atoms with van der Waals surface area (Å²) in [5.74, 6) is -0.163. The number of H-pyrrole nitrogens is 1. The smallest absolute Gasteiger partial charge is 0.273 e. The molecule has 3 heterocycles. The summed E-state index contributed by atoms with van der Waals surface area (Å²) in [6, 6.07) is 6.71. The molecular weight excluding hydrogens is 376 g/mol. The van der Waals surface area contributed by atoms with Gasteiger partial charge < -0.3 is 15.6 Å². The number of hydrogen-bond donors (Lipinski definition) is 3. The van der Waals surface area contributed by atoms with E-state index in [4.69, 9.17) is 0 Å². The van der Waals surface area contributed by atoms with Gasteiger partial charge in [0.15, 0.2) is 5.69 Å². The number of para-hydroxylation sites is 1. The fourth-order valence-corrected chi connectivity index (χ4v) is 3.81. The lowest BCUT2D eigenvalue weighted by Crippen LogP contribution is -2.29. The Morgan fingerprint density at radius 2 is 2.11 bits per heavy atom. The molecule has 0 bridgehead atoms. The summed E-state index contributed by atoms with van der Waals surface area (Å²) in [5, 5.41) is 15.7. The minimum Gasteiger partial charge on any atom is -0.361 e. The first kappa shape index (κ1) is 20.4. The van der Waals surface area contributed by atoms with E-state index in [9.17, 15) is 4.79 Å². The molecule has 4 rings (SSSR count). The molecule has 3 N–H and O–H groups in total. The molecule has 0 atom stereocenters. The van der Waals surface area contributed by atoms with Gasteiger partial charge in [0.1, 0.15) is 0 Å². The van der Waals surface area contributed by atoms with Crippen molar-refractivity contribution in [1.29, 1.82) is 0 Å². The van der Waals surface area contributed by atoms with Gasteiger partial charge in [-0.05, 0) is 49.9 Å². The normalized spacial score (nSPS) is 14.8. The zero-order valence-electron chi connectivity index (χ0n) is 16.1. The van der Waals surface area contributed by atoms with Gasteiger partial charge in [-0.2, -0.15) is 0 Å². The number of aryl methyl sites for hydroxylation is 1. The number of carbonyl (C=O) groups is 1. The Morgan fingerprint density at radius 3 is 2.89 bits per heavy atom. The second kappa shape index (κ2) is 9.21. The van der Waals surface area contributed by atoms with E-state index in [1.54, 1.807) is 6.20 Å². The van der Waals surface area contributed by atoms with E-state index in [-0.39, 0.29) is 18.3 Å². The van der Waals surface area contributed by atoms with Crippen molar-refractivity contribution in [3.63, 3.8) is 0 Å². The number of amides is 1. The summed E-state index contributed by atoms with van der Waals surface area (Å²) in [4.78, 5) is 15.8. The van der Waals surface area contributed by atoms with E-state index in [1.165, 1.54) is 22.0 Å². The van der Waals surface area contributed by atoms with Crippen LogP contribution in [0.3, 0.4) is 0 Å². The molecule has 0 radical (unpaired) electrons. The number of piperidine rings is 1. The van der Waals surface area contributed by atoms with Gasteiger partial charge in [0, 0.05) is 23.6 Å². The van der Waals surface area contributed by atoms with E-state index in [0.717, 1.165) is 38.8 Å². The second-order valence-electron chi connectivity index (χ2n) is 7.08. The van der Waals surface area contributed by atoms with Gasteiger partial charge in [0.05, 0.1) is 12.2 Å². The number of halogens is 1. The Hall–Kier alpha value is -2.38. The van der Waals surface area contributed by atoms with Gasteiger partial charge in [0.25, 0.3) is 5.91 Å². The summed E-state index contributed by atoms with van der Waals surface area (Å²) in [6.45, 7) is 4.70. The van der Waals surface area contributed by atoms with Crippen molar-refractivity contribution < 1.29 is 4.79 Å². The molecule has 1 fully saturated rings. The van der Waals surface area contributed by atoms with Crippen molar-refractivity contribution in [2.24, 2.45) is 0 Å². The number of nitrogens with zero attached hydrogens (tertiary/aromatic N) is 3. The molecule has 0 spiro atoms. The van der Waals surface area contributed by atoms with Gasteiger partial charge in [-0.3, -0.25) is 4.79 Å². The highest BCUT2D eigenvalue weighted by atomic mass is 35.5. The van der Waals surface area contributed by atoms with Gasteiger partial charge in [-0.25, -0.2) is 4.68 Å². The number of carbonyl (C=O) groups excluding carboxylic acids is 1. The Morgan fingerprint density at radius 1 is 1.29 bits per heavy atom. The number of fused-ring (bicyclic) bond motifs is 1. The molecule has 1 amide bonds. The second-order valence-corrected chi connectivity index (χ2v) is 7.08. The summed E-state index contributed by atoms with van der Waals surface area (Å²) in [5.41, 5.74) is 4.13. The molecule has 7 nitrogen and oxygen atoms in total. The lowest BCUT2D eigenvalue weighted by Gasteiger charge is -2.22. The van der Waals surface area contributed by atoms with Crippen molar-refractivity contribution >= 4 is 29.2 Å². The lowest BCUT2D eigenvalue weighted by molar-refractivity contribution is 0.0949. The summed E-state index contributed by atoms with van der Waals surface area (Å²) in [6.07, 6.45) is 7.63. The van der Waals surface area contributed by atoms with Crippen LogP contribution < -0.4 is 10.6 Å². The van der Waals surface area contributed by atoms with Crippen LogP contribution in [0.5, 0.6) is 0 Å². The van der Waals surface area contributed by atoms with E-state index >= 15 is 0 Å². The monoisotopic (exact) mass is 402 g/mol. The van der Waals surface area contributed by atoms with Crippen LogP contribution in [0.15, 0.2) is 30.6 Å².